The zero-order valence-electron chi connectivity index (χ0n) is 15.1. The smallest absolute Gasteiger partial charge is 0.147 e. The average Bonchev–Trinajstić information content (AvgIpc) is 3.12. The van der Waals surface area contributed by atoms with Gasteiger partial charge >= 0.3 is 0 Å². The maximum Gasteiger partial charge on any atom is 0.147 e. The topological polar surface area (TPSA) is 34.2 Å². The number of aryl methyl sites for hydroxylation is 2. The van der Waals surface area contributed by atoms with Crippen LogP contribution in [0.15, 0.2) is 18.2 Å². The lowest BCUT2D eigenvalue weighted by Gasteiger charge is -2.37. The number of ether oxygens (including phenoxy) is 3. The first-order chi connectivity index (χ1) is 12.4. The molecule has 2 fully saturated rings. The molecule has 2 heterocycles. The Hall–Kier alpha value is -1.14. The first-order valence-electron chi connectivity index (χ1n) is 9.75. The van der Waals surface area contributed by atoms with Gasteiger partial charge in [-0.05, 0) is 48.9 Å². The molecule has 25 heavy (non-hydrogen) atoms. The van der Waals surface area contributed by atoms with Gasteiger partial charge in [0.05, 0.1) is 12.7 Å². The highest BCUT2D eigenvalue weighted by molar-refractivity contribution is 5.38. The van der Waals surface area contributed by atoms with E-state index in [4.69, 9.17) is 14.2 Å². The summed E-state index contributed by atoms with van der Waals surface area (Å²) in [6, 6.07) is 6.62. The van der Waals surface area contributed by atoms with Gasteiger partial charge in [-0.15, -0.1) is 0 Å². The SMILES string of the molecule is c1cc2c(cc1OCCN1CCN(C[C@H]3CCOCO3)CC1)CCC2. The third-order valence-corrected chi connectivity index (χ3v) is 5.64. The second kappa shape index (κ2) is 8.49. The molecule has 0 N–H and O–H groups in total. The number of fused-ring (bicyclic) bond motifs is 1. The Labute approximate surface area is 150 Å². The van der Waals surface area contributed by atoms with Crippen molar-refractivity contribution < 1.29 is 14.2 Å². The average molecular weight is 346 g/mol. The van der Waals surface area contributed by atoms with Crippen molar-refractivity contribution in [2.24, 2.45) is 0 Å². The van der Waals surface area contributed by atoms with E-state index in [9.17, 15) is 0 Å². The fourth-order valence-electron chi connectivity index (χ4n) is 4.06. The lowest BCUT2D eigenvalue weighted by atomic mass is 10.1. The Kier molecular flexibility index (Phi) is 5.87. The van der Waals surface area contributed by atoms with Crippen LogP contribution in [0.3, 0.4) is 0 Å². The molecule has 3 aliphatic rings. The molecule has 0 spiro atoms. The monoisotopic (exact) mass is 346 g/mol. The molecule has 0 bridgehead atoms. The highest BCUT2D eigenvalue weighted by Crippen LogP contribution is 2.26. The standard InChI is InChI=1S/C20H30N2O3/c1-2-17-4-5-19(14-18(17)3-1)24-13-11-21-7-9-22(10-8-21)15-20-6-12-23-16-25-20/h4-5,14,20H,1-3,6-13,15-16H2/t20-/m1/s1. The van der Waals surface area contributed by atoms with Crippen molar-refractivity contribution >= 4 is 0 Å². The lowest BCUT2D eigenvalue weighted by molar-refractivity contribution is -0.145. The second-order valence-corrected chi connectivity index (χ2v) is 7.38. The number of rotatable bonds is 6. The van der Waals surface area contributed by atoms with Crippen LogP contribution in [0.4, 0.5) is 0 Å². The quantitative estimate of drug-likeness (QED) is 0.786. The molecule has 1 atom stereocenters. The summed E-state index contributed by atoms with van der Waals surface area (Å²) < 4.78 is 16.9. The maximum absolute atomic E-state index is 5.99. The molecule has 0 aromatic heterocycles. The van der Waals surface area contributed by atoms with Crippen LogP contribution >= 0.6 is 0 Å². The summed E-state index contributed by atoms with van der Waals surface area (Å²) in [6.45, 7) is 8.63. The summed E-state index contributed by atoms with van der Waals surface area (Å²) in [5.74, 6) is 1.04. The van der Waals surface area contributed by atoms with Crippen molar-refractivity contribution in [1.82, 2.24) is 9.80 Å². The largest absolute Gasteiger partial charge is 0.492 e. The van der Waals surface area contributed by atoms with Crippen molar-refractivity contribution in [3.8, 4) is 5.75 Å². The molecule has 0 unspecified atom stereocenters. The number of hydrogen-bond donors (Lipinski definition) is 0. The molecule has 5 nitrogen and oxygen atoms in total. The summed E-state index contributed by atoms with van der Waals surface area (Å²) in [7, 11) is 0. The molecular formula is C20H30N2O3. The molecule has 2 saturated heterocycles. The van der Waals surface area contributed by atoms with Gasteiger partial charge in [0.1, 0.15) is 19.1 Å². The Morgan fingerprint density at radius 2 is 1.88 bits per heavy atom. The Morgan fingerprint density at radius 1 is 1.04 bits per heavy atom. The van der Waals surface area contributed by atoms with E-state index in [0.29, 0.717) is 12.9 Å². The predicted molar refractivity (Wildman–Crippen MR) is 97.2 cm³/mol. The van der Waals surface area contributed by atoms with E-state index in [0.717, 1.165) is 64.7 Å². The normalized spacial score (nSPS) is 25.0. The lowest BCUT2D eigenvalue weighted by Crippen LogP contribution is -2.50. The Morgan fingerprint density at radius 3 is 2.72 bits per heavy atom. The molecule has 1 aromatic rings. The van der Waals surface area contributed by atoms with Gasteiger partial charge in [0.2, 0.25) is 0 Å². The summed E-state index contributed by atoms with van der Waals surface area (Å²) in [5.41, 5.74) is 3.00. The first kappa shape index (κ1) is 17.3. The van der Waals surface area contributed by atoms with Gasteiger partial charge in [-0.1, -0.05) is 6.07 Å². The molecule has 1 aromatic carbocycles. The van der Waals surface area contributed by atoms with Crippen LogP contribution in [0.1, 0.15) is 24.0 Å². The van der Waals surface area contributed by atoms with E-state index in [1.807, 2.05) is 0 Å². The van der Waals surface area contributed by atoms with E-state index < -0.39 is 0 Å². The van der Waals surface area contributed by atoms with Crippen molar-refractivity contribution in [3.63, 3.8) is 0 Å². The van der Waals surface area contributed by atoms with Crippen LogP contribution in [-0.2, 0) is 22.3 Å². The molecule has 2 aliphatic heterocycles. The molecule has 4 rings (SSSR count). The minimum atomic E-state index is 0.350. The summed E-state index contributed by atoms with van der Waals surface area (Å²) in [4.78, 5) is 5.03. The van der Waals surface area contributed by atoms with Crippen LogP contribution in [0.25, 0.3) is 0 Å². The molecule has 0 radical (unpaired) electrons. The summed E-state index contributed by atoms with van der Waals surface area (Å²) in [5, 5.41) is 0. The van der Waals surface area contributed by atoms with Gasteiger partial charge in [-0.25, -0.2) is 0 Å². The zero-order chi connectivity index (χ0) is 16.9. The minimum Gasteiger partial charge on any atom is -0.492 e. The Bertz CT molecular complexity index is 552. The summed E-state index contributed by atoms with van der Waals surface area (Å²) >= 11 is 0. The van der Waals surface area contributed by atoms with Gasteiger partial charge in [0.15, 0.2) is 0 Å². The van der Waals surface area contributed by atoms with Gasteiger partial charge < -0.3 is 14.2 Å². The summed E-state index contributed by atoms with van der Waals surface area (Å²) in [6.07, 6.45) is 5.12. The Balaban J connectivity index is 1.14. The van der Waals surface area contributed by atoms with E-state index in [1.54, 1.807) is 0 Å². The van der Waals surface area contributed by atoms with E-state index in [-0.39, 0.29) is 0 Å². The minimum absolute atomic E-state index is 0.350. The van der Waals surface area contributed by atoms with Crippen molar-refractivity contribution in [3.05, 3.63) is 29.3 Å². The highest BCUT2D eigenvalue weighted by Gasteiger charge is 2.22. The number of benzene rings is 1. The van der Waals surface area contributed by atoms with E-state index in [1.165, 1.54) is 30.4 Å². The van der Waals surface area contributed by atoms with Crippen LogP contribution in [-0.4, -0.2) is 75.2 Å². The number of nitrogens with zero attached hydrogens (tertiary/aromatic N) is 2. The molecule has 0 amide bonds. The predicted octanol–water partition coefficient (Wildman–Crippen LogP) is 1.93. The van der Waals surface area contributed by atoms with Crippen LogP contribution < -0.4 is 4.74 Å². The van der Waals surface area contributed by atoms with E-state index in [2.05, 4.69) is 28.0 Å². The third kappa shape index (κ3) is 4.73. The van der Waals surface area contributed by atoms with Gasteiger partial charge in [0.25, 0.3) is 0 Å². The zero-order valence-corrected chi connectivity index (χ0v) is 15.1. The van der Waals surface area contributed by atoms with Gasteiger partial charge in [0, 0.05) is 39.3 Å². The fourth-order valence-corrected chi connectivity index (χ4v) is 4.06. The van der Waals surface area contributed by atoms with Crippen molar-refractivity contribution in [2.75, 3.05) is 59.3 Å². The van der Waals surface area contributed by atoms with Crippen molar-refractivity contribution in [2.45, 2.75) is 31.8 Å². The molecule has 5 heteroatoms. The second-order valence-electron chi connectivity index (χ2n) is 7.38. The molecule has 0 saturated carbocycles. The molecule has 1 aliphatic carbocycles. The van der Waals surface area contributed by atoms with E-state index >= 15 is 0 Å². The maximum atomic E-state index is 5.99. The highest BCUT2D eigenvalue weighted by atomic mass is 16.7. The number of piperazine rings is 1. The molecular weight excluding hydrogens is 316 g/mol. The first-order valence-corrected chi connectivity index (χ1v) is 9.75. The fraction of sp³-hybridized carbons (Fsp3) is 0.700. The van der Waals surface area contributed by atoms with Crippen LogP contribution in [0.2, 0.25) is 0 Å². The van der Waals surface area contributed by atoms with Crippen LogP contribution in [0, 0.1) is 0 Å². The molecule has 138 valence electrons. The van der Waals surface area contributed by atoms with Gasteiger partial charge in [-0.3, -0.25) is 9.80 Å². The van der Waals surface area contributed by atoms with Gasteiger partial charge in [-0.2, -0.15) is 0 Å². The van der Waals surface area contributed by atoms with Crippen molar-refractivity contribution in [1.29, 1.82) is 0 Å². The van der Waals surface area contributed by atoms with Crippen LogP contribution in [0.5, 0.6) is 5.75 Å². The number of hydrogen-bond acceptors (Lipinski definition) is 5. The third-order valence-electron chi connectivity index (χ3n) is 5.64.